The fourth-order valence-electron chi connectivity index (χ4n) is 0.816. The molecule has 0 saturated heterocycles. The summed E-state index contributed by atoms with van der Waals surface area (Å²) in [6.07, 6.45) is 0.880. The monoisotopic (exact) mass is 215 g/mol. The van der Waals surface area contributed by atoms with Crippen LogP contribution < -0.4 is 16.4 Å². The highest BCUT2D eigenvalue weighted by atomic mass is 16.2. The van der Waals surface area contributed by atoms with E-state index in [0.717, 1.165) is 6.42 Å². The van der Waals surface area contributed by atoms with Crippen LogP contribution in [0, 0.1) is 0 Å². The van der Waals surface area contributed by atoms with Gasteiger partial charge in [0.15, 0.2) is 0 Å². The second kappa shape index (κ2) is 5.70. The molecule has 0 aliphatic rings. The molecule has 0 aromatic heterocycles. The Morgan fingerprint density at radius 3 is 2.33 bits per heavy atom. The summed E-state index contributed by atoms with van der Waals surface area (Å²) in [4.78, 5) is 22.3. The van der Waals surface area contributed by atoms with E-state index in [2.05, 4.69) is 10.6 Å². The zero-order valence-electron chi connectivity index (χ0n) is 9.89. The summed E-state index contributed by atoms with van der Waals surface area (Å²) in [5.74, 6) is -0.600. The van der Waals surface area contributed by atoms with E-state index in [9.17, 15) is 9.59 Å². The molecule has 2 amide bonds. The third-order valence-electron chi connectivity index (χ3n) is 2.33. The first-order valence-corrected chi connectivity index (χ1v) is 5.14. The Morgan fingerprint density at radius 2 is 1.93 bits per heavy atom. The summed E-state index contributed by atoms with van der Waals surface area (Å²) in [6.45, 7) is 7.31. The third-order valence-corrected chi connectivity index (χ3v) is 2.33. The van der Waals surface area contributed by atoms with Gasteiger partial charge in [-0.25, -0.2) is 0 Å². The van der Waals surface area contributed by atoms with Crippen LogP contribution in [0.25, 0.3) is 0 Å². The van der Waals surface area contributed by atoms with Crippen LogP contribution in [-0.2, 0) is 9.59 Å². The average molecular weight is 215 g/mol. The Labute approximate surface area is 90.8 Å². The van der Waals surface area contributed by atoms with E-state index < -0.39 is 11.4 Å². The van der Waals surface area contributed by atoms with Crippen molar-refractivity contribution in [3.8, 4) is 0 Å². The van der Waals surface area contributed by atoms with Crippen LogP contribution in [0.15, 0.2) is 0 Å². The Morgan fingerprint density at radius 1 is 1.40 bits per heavy atom. The SMILES string of the molecule is CCC(C)NC(=O)CNC(C)(C)C(N)=O. The van der Waals surface area contributed by atoms with Gasteiger partial charge in [-0.3, -0.25) is 14.9 Å². The van der Waals surface area contributed by atoms with Gasteiger partial charge in [0.05, 0.1) is 12.1 Å². The standard InChI is InChI=1S/C10H21N3O2/c1-5-7(2)13-8(14)6-12-10(3,4)9(11)15/h7,12H,5-6H2,1-4H3,(H2,11,15)(H,13,14). The number of amides is 2. The Bertz CT molecular complexity index is 239. The average Bonchev–Trinajstić information content (AvgIpc) is 2.14. The van der Waals surface area contributed by atoms with Crippen LogP contribution >= 0.6 is 0 Å². The highest BCUT2D eigenvalue weighted by Crippen LogP contribution is 1.98. The molecule has 0 rings (SSSR count). The van der Waals surface area contributed by atoms with Gasteiger partial charge in [0.25, 0.3) is 0 Å². The fraction of sp³-hybridized carbons (Fsp3) is 0.800. The van der Waals surface area contributed by atoms with Crippen LogP contribution in [0.2, 0.25) is 0 Å². The zero-order valence-corrected chi connectivity index (χ0v) is 9.89. The summed E-state index contributed by atoms with van der Waals surface area (Å²) in [7, 11) is 0. The normalized spacial score (nSPS) is 13.3. The predicted octanol–water partition coefficient (Wildman–Crippen LogP) is -0.245. The number of nitrogens with one attached hydrogen (secondary N) is 2. The lowest BCUT2D eigenvalue weighted by Gasteiger charge is -2.22. The number of primary amides is 1. The molecule has 0 radical (unpaired) electrons. The summed E-state index contributed by atoms with van der Waals surface area (Å²) < 4.78 is 0. The molecule has 0 saturated carbocycles. The second-order valence-corrected chi connectivity index (χ2v) is 4.22. The van der Waals surface area contributed by atoms with Crippen molar-refractivity contribution in [3.05, 3.63) is 0 Å². The van der Waals surface area contributed by atoms with Crippen molar-refractivity contribution in [3.63, 3.8) is 0 Å². The van der Waals surface area contributed by atoms with Gasteiger partial charge in [0, 0.05) is 6.04 Å². The number of nitrogens with two attached hydrogens (primary N) is 1. The van der Waals surface area contributed by atoms with Crippen molar-refractivity contribution in [2.45, 2.75) is 45.7 Å². The molecule has 5 nitrogen and oxygen atoms in total. The molecule has 1 unspecified atom stereocenters. The van der Waals surface area contributed by atoms with E-state index >= 15 is 0 Å². The second-order valence-electron chi connectivity index (χ2n) is 4.22. The largest absolute Gasteiger partial charge is 0.368 e. The van der Waals surface area contributed by atoms with Gasteiger partial charge in [-0.2, -0.15) is 0 Å². The third kappa shape index (κ3) is 5.37. The molecular weight excluding hydrogens is 194 g/mol. The maximum absolute atomic E-state index is 11.4. The highest BCUT2D eigenvalue weighted by Gasteiger charge is 2.24. The van der Waals surface area contributed by atoms with Gasteiger partial charge in [0.1, 0.15) is 0 Å². The number of hydrogen-bond acceptors (Lipinski definition) is 3. The maximum atomic E-state index is 11.4. The molecule has 0 aliphatic heterocycles. The molecule has 0 aromatic carbocycles. The first-order chi connectivity index (χ1) is 6.79. The molecule has 0 spiro atoms. The van der Waals surface area contributed by atoms with Crippen LogP contribution in [0.4, 0.5) is 0 Å². The van der Waals surface area contributed by atoms with E-state index in [-0.39, 0.29) is 18.5 Å². The molecular formula is C10H21N3O2. The summed E-state index contributed by atoms with van der Waals surface area (Å²) >= 11 is 0. The predicted molar refractivity (Wildman–Crippen MR) is 59.2 cm³/mol. The smallest absolute Gasteiger partial charge is 0.237 e. The zero-order chi connectivity index (χ0) is 12.1. The summed E-state index contributed by atoms with van der Waals surface area (Å²) in [6, 6.07) is 0.149. The molecule has 5 heteroatoms. The molecule has 15 heavy (non-hydrogen) atoms. The maximum Gasteiger partial charge on any atom is 0.237 e. The lowest BCUT2D eigenvalue weighted by molar-refractivity contribution is -0.124. The number of carbonyl (C=O) groups is 2. The Hall–Kier alpha value is -1.10. The molecule has 0 aliphatic carbocycles. The topological polar surface area (TPSA) is 84.2 Å². The first-order valence-electron chi connectivity index (χ1n) is 5.14. The van der Waals surface area contributed by atoms with Gasteiger partial charge in [0.2, 0.25) is 11.8 Å². The molecule has 4 N–H and O–H groups in total. The van der Waals surface area contributed by atoms with Gasteiger partial charge < -0.3 is 11.1 Å². The van der Waals surface area contributed by atoms with Crippen LogP contribution in [0.1, 0.15) is 34.1 Å². The highest BCUT2D eigenvalue weighted by molar-refractivity contribution is 5.85. The molecule has 0 bridgehead atoms. The van der Waals surface area contributed by atoms with Gasteiger partial charge in [-0.05, 0) is 27.2 Å². The first kappa shape index (κ1) is 13.9. The number of carbonyl (C=O) groups excluding carboxylic acids is 2. The Balaban J connectivity index is 3.96. The Kier molecular flexibility index (Phi) is 5.28. The lowest BCUT2D eigenvalue weighted by atomic mass is 10.1. The van der Waals surface area contributed by atoms with Crippen LogP contribution in [0.3, 0.4) is 0 Å². The van der Waals surface area contributed by atoms with Crippen LogP contribution in [0.5, 0.6) is 0 Å². The van der Waals surface area contributed by atoms with E-state index in [4.69, 9.17) is 5.73 Å². The van der Waals surface area contributed by atoms with Crippen molar-refractivity contribution in [2.24, 2.45) is 5.73 Å². The summed E-state index contributed by atoms with van der Waals surface area (Å²) in [5, 5.41) is 5.59. The van der Waals surface area contributed by atoms with Gasteiger partial charge >= 0.3 is 0 Å². The van der Waals surface area contributed by atoms with Gasteiger partial charge in [-0.15, -0.1) is 0 Å². The van der Waals surface area contributed by atoms with E-state index in [1.807, 2.05) is 13.8 Å². The quantitative estimate of drug-likeness (QED) is 0.571. The molecule has 1 atom stereocenters. The van der Waals surface area contributed by atoms with Crippen molar-refractivity contribution in [1.29, 1.82) is 0 Å². The molecule has 0 aromatic rings. The fourth-order valence-corrected chi connectivity index (χ4v) is 0.816. The van der Waals surface area contributed by atoms with Crippen molar-refractivity contribution in [1.82, 2.24) is 10.6 Å². The van der Waals surface area contributed by atoms with E-state index in [1.165, 1.54) is 0 Å². The number of rotatable bonds is 6. The van der Waals surface area contributed by atoms with Crippen LogP contribution in [-0.4, -0.2) is 29.9 Å². The van der Waals surface area contributed by atoms with E-state index in [0.29, 0.717) is 0 Å². The number of hydrogen-bond donors (Lipinski definition) is 3. The minimum atomic E-state index is -0.854. The molecule has 0 fully saturated rings. The molecule has 0 heterocycles. The van der Waals surface area contributed by atoms with Gasteiger partial charge in [-0.1, -0.05) is 6.92 Å². The van der Waals surface area contributed by atoms with Crippen molar-refractivity contribution < 1.29 is 9.59 Å². The van der Waals surface area contributed by atoms with Crippen molar-refractivity contribution >= 4 is 11.8 Å². The summed E-state index contributed by atoms with van der Waals surface area (Å²) in [5.41, 5.74) is 4.30. The minimum absolute atomic E-state index is 0.0975. The van der Waals surface area contributed by atoms with Crippen molar-refractivity contribution in [2.75, 3.05) is 6.54 Å². The molecule has 88 valence electrons. The minimum Gasteiger partial charge on any atom is -0.368 e. The lowest BCUT2D eigenvalue weighted by Crippen LogP contribution is -2.53. The van der Waals surface area contributed by atoms with E-state index in [1.54, 1.807) is 13.8 Å².